The van der Waals surface area contributed by atoms with Crippen molar-refractivity contribution < 1.29 is 14.3 Å². The van der Waals surface area contributed by atoms with E-state index < -0.39 is 0 Å². The number of likely N-dealkylation sites (tertiary alicyclic amines) is 1. The number of thiazole rings is 2. The molecule has 2 atom stereocenters. The smallest absolute Gasteiger partial charge is 0.409 e. The van der Waals surface area contributed by atoms with Crippen LogP contribution in [-0.2, 0) is 4.74 Å². The van der Waals surface area contributed by atoms with E-state index in [9.17, 15) is 9.59 Å². The minimum atomic E-state index is -0.331. The predicted octanol–water partition coefficient (Wildman–Crippen LogP) is 4.08. The van der Waals surface area contributed by atoms with Gasteiger partial charge < -0.3 is 19.9 Å². The number of anilines is 2. The molecular weight excluding hydrogens is 460 g/mol. The van der Waals surface area contributed by atoms with Crippen LogP contribution in [-0.4, -0.2) is 69.0 Å². The molecule has 172 valence electrons. The van der Waals surface area contributed by atoms with Crippen molar-refractivity contribution in [1.82, 2.24) is 24.8 Å². The summed E-state index contributed by atoms with van der Waals surface area (Å²) in [6, 6.07) is 3.61. The minimum absolute atomic E-state index is 0.0146. The van der Waals surface area contributed by atoms with Gasteiger partial charge >= 0.3 is 6.09 Å². The summed E-state index contributed by atoms with van der Waals surface area (Å²) >= 11 is 3.14. The molecule has 2 saturated heterocycles. The van der Waals surface area contributed by atoms with Crippen LogP contribution in [0.2, 0.25) is 0 Å². The van der Waals surface area contributed by atoms with E-state index in [0.29, 0.717) is 24.5 Å². The highest BCUT2D eigenvalue weighted by Gasteiger charge is 2.44. The normalized spacial score (nSPS) is 19.6. The molecule has 5 rings (SSSR count). The van der Waals surface area contributed by atoms with Gasteiger partial charge in [0.1, 0.15) is 5.82 Å². The van der Waals surface area contributed by atoms with E-state index >= 15 is 0 Å². The molecule has 2 unspecified atom stereocenters. The summed E-state index contributed by atoms with van der Waals surface area (Å²) in [4.78, 5) is 43.3. The first kappa shape index (κ1) is 21.8. The second-order valence-electron chi connectivity index (χ2n) is 8.21. The topological polar surface area (TPSA) is 101 Å². The van der Waals surface area contributed by atoms with E-state index in [-0.39, 0.29) is 24.1 Å². The zero-order chi connectivity index (χ0) is 23.1. The second-order valence-corrected chi connectivity index (χ2v) is 10.3. The van der Waals surface area contributed by atoms with Crippen LogP contribution in [0.5, 0.6) is 0 Å². The Hall–Kier alpha value is -3.05. The standard InChI is InChI=1S/C22H24N6O3S2/c1-12-19(33-13(2)24-12)17-11-32-21(25-17)26-18-7-4-14(8-23-18)20(29)28-15-5-6-16(28)10-27(9-15)22(30)31-3/h4,7-8,11,15-16H,5-6,9-10H2,1-3H3,(H,23,25,26). The minimum Gasteiger partial charge on any atom is -0.453 e. The van der Waals surface area contributed by atoms with Crippen molar-refractivity contribution in [1.29, 1.82) is 0 Å². The Bertz CT molecular complexity index is 1180. The molecule has 0 radical (unpaired) electrons. The number of piperazine rings is 1. The molecule has 3 aromatic rings. The Morgan fingerprint density at radius 3 is 2.52 bits per heavy atom. The van der Waals surface area contributed by atoms with Gasteiger partial charge in [0, 0.05) is 24.7 Å². The van der Waals surface area contributed by atoms with Gasteiger partial charge in [-0.3, -0.25) is 4.79 Å². The van der Waals surface area contributed by atoms with Crippen LogP contribution in [0, 0.1) is 13.8 Å². The molecule has 2 aliphatic rings. The Kier molecular flexibility index (Phi) is 5.75. The molecule has 0 spiro atoms. The Morgan fingerprint density at radius 2 is 1.91 bits per heavy atom. The van der Waals surface area contributed by atoms with Crippen molar-refractivity contribution in [2.45, 2.75) is 38.8 Å². The third-order valence-electron chi connectivity index (χ3n) is 6.04. The average Bonchev–Trinajstić information content (AvgIpc) is 3.48. The second kappa shape index (κ2) is 8.71. The number of pyridine rings is 1. The average molecular weight is 485 g/mol. The molecule has 11 heteroatoms. The number of carbonyl (C=O) groups is 2. The number of ether oxygens (including phenoxy) is 1. The molecule has 33 heavy (non-hydrogen) atoms. The van der Waals surface area contributed by atoms with Gasteiger partial charge in [-0.15, -0.1) is 22.7 Å². The summed E-state index contributed by atoms with van der Waals surface area (Å²) in [5, 5.41) is 6.98. The van der Waals surface area contributed by atoms with Crippen molar-refractivity contribution in [3.05, 3.63) is 40.0 Å². The number of hydrogen-bond donors (Lipinski definition) is 1. The Balaban J connectivity index is 1.25. The van der Waals surface area contributed by atoms with Gasteiger partial charge in [0.2, 0.25) is 0 Å². The summed E-state index contributed by atoms with van der Waals surface area (Å²) in [5.41, 5.74) is 2.43. The van der Waals surface area contributed by atoms with E-state index in [1.54, 1.807) is 34.6 Å². The molecule has 0 aromatic carbocycles. The highest BCUT2D eigenvalue weighted by atomic mass is 32.1. The van der Waals surface area contributed by atoms with Gasteiger partial charge in [-0.1, -0.05) is 0 Å². The number of hydrogen-bond acceptors (Lipinski definition) is 9. The van der Waals surface area contributed by atoms with Crippen molar-refractivity contribution >= 4 is 45.6 Å². The van der Waals surface area contributed by atoms with Gasteiger partial charge in [0.25, 0.3) is 5.91 Å². The fourth-order valence-electron chi connectivity index (χ4n) is 4.57. The number of amides is 2. The molecule has 2 amide bonds. The number of methoxy groups -OCH3 is 1. The summed E-state index contributed by atoms with van der Waals surface area (Å²) in [5.74, 6) is 0.585. The van der Waals surface area contributed by atoms with Crippen molar-refractivity contribution in [2.75, 3.05) is 25.5 Å². The number of aromatic nitrogens is 3. The fraction of sp³-hybridized carbons (Fsp3) is 0.409. The van der Waals surface area contributed by atoms with Crippen LogP contribution in [0.3, 0.4) is 0 Å². The van der Waals surface area contributed by atoms with E-state index in [1.165, 1.54) is 18.4 Å². The van der Waals surface area contributed by atoms with Gasteiger partial charge in [0.15, 0.2) is 5.13 Å². The lowest BCUT2D eigenvalue weighted by Gasteiger charge is -2.40. The summed E-state index contributed by atoms with van der Waals surface area (Å²) < 4.78 is 4.85. The van der Waals surface area contributed by atoms with Crippen molar-refractivity contribution in [3.63, 3.8) is 0 Å². The van der Waals surface area contributed by atoms with Crippen LogP contribution in [0.4, 0.5) is 15.7 Å². The molecule has 9 nitrogen and oxygen atoms in total. The zero-order valence-electron chi connectivity index (χ0n) is 18.6. The zero-order valence-corrected chi connectivity index (χ0v) is 20.2. The van der Waals surface area contributed by atoms with Crippen LogP contribution in [0.15, 0.2) is 23.7 Å². The van der Waals surface area contributed by atoms with Gasteiger partial charge in [0.05, 0.1) is 46.0 Å². The maximum absolute atomic E-state index is 13.2. The Labute approximate surface area is 199 Å². The lowest BCUT2D eigenvalue weighted by molar-refractivity contribution is 0.0390. The van der Waals surface area contributed by atoms with Gasteiger partial charge in [-0.2, -0.15) is 0 Å². The van der Waals surface area contributed by atoms with Crippen LogP contribution < -0.4 is 5.32 Å². The molecule has 1 N–H and O–H groups in total. The molecule has 0 saturated carbocycles. The largest absolute Gasteiger partial charge is 0.453 e. The van der Waals surface area contributed by atoms with Crippen LogP contribution in [0.25, 0.3) is 10.6 Å². The first-order valence-electron chi connectivity index (χ1n) is 10.7. The first-order valence-corrected chi connectivity index (χ1v) is 12.4. The quantitative estimate of drug-likeness (QED) is 0.596. The summed E-state index contributed by atoms with van der Waals surface area (Å²) in [7, 11) is 1.39. The number of nitrogens with one attached hydrogen (secondary N) is 1. The maximum Gasteiger partial charge on any atom is 0.409 e. The fourth-order valence-corrected chi connectivity index (χ4v) is 6.23. The van der Waals surface area contributed by atoms with E-state index in [1.807, 2.05) is 24.1 Å². The molecule has 2 fully saturated rings. The highest BCUT2D eigenvalue weighted by Crippen LogP contribution is 2.34. The van der Waals surface area contributed by atoms with Gasteiger partial charge in [-0.25, -0.2) is 19.7 Å². The number of rotatable bonds is 4. The molecule has 2 aliphatic heterocycles. The lowest BCUT2D eigenvalue weighted by atomic mass is 10.1. The number of aryl methyl sites for hydroxylation is 2. The van der Waals surface area contributed by atoms with E-state index in [2.05, 4.69) is 20.3 Å². The SMILES string of the molecule is COC(=O)N1CC2CCC(C1)N2C(=O)c1ccc(Nc2nc(-c3sc(C)nc3C)cs2)nc1. The number of carbonyl (C=O) groups excluding carboxylic acids is 2. The summed E-state index contributed by atoms with van der Waals surface area (Å²) in [6.45, 7) is 4.99. The van der Waals surface area contributed by atoms with Crippen LogP contribution in [0.1, 0.15) is 33.9 Å². The molecule has 0 aliphatic carbocycles. The van der Waals surface area contributed by atoms with Crippen molar-refractivity contribution in [3.8, 4) is 10.6 Å². The van der Waals surface area contributed by atoms with Crippen molar-refractivity contribution in [2.24, 2.45) is 0 Å². The Morgan fingerprint density at radius 1 is 1.15 bits per heavy atom. The lowest BCUT2D eigenvalue weighted by Crippen LogP contribution is -2.57. The van der Waals surface area contributed by atoms with Crippen LogP contribution >= 0.6 is 22.7 Å². The van der Waals surface area contributed by atoms with E-state index in [0.717, 1.165) is 39.2 Å². The first-order chi connectivity index (χ1) is 15.9. The molecule has 5 heterocycles. The third kappa shape index (κ3) is 4.18. The molecule has 2 bridgehead atoms. The monoisotopic (exact) mass is 484 g/mol. The third-order valence-corrected chi connectivity index (χ3v) is 7.89. The highest BCUT2D eigenvalue weighted by molar-refractivity contribution is 7.16. The molecular formula is C22H24N6O3S2. The molecule has 3 aromatic heterocycles. The number of fused-ring (bicyclic) bond motifs is 2. The predicted molar refractivity (Wildman–Crippen MR) is 127 cm³/mol. The summed E-state index contributed by atoms with van der Waals surface area (Å²) in [6.07, 6.45) is 3.05. The van der Waals surface area contributed by atoms with E-state index in [4.69, 9.17) is 4.74 Å². The number of nitrogens with zero attached hydrogens (tertiary/aromatic N) is 5. The van der Waals surface area contributed by atoms with Gasteiger partial charge in [-0.05, 0) is 38.8 Å². The maximum atomic E-state index is 13.2.